The van der Waals surface area contributed by atoms with E-state index in [1.165, 1.54) is 32.1 Å². The normalized spacial score (nSPS) is 19.8. The number of amides is 2. The highest BCUT2D eigenvalue weighted by molar-refractivity contribution is 9.12. The maximum atomic E-state index is 15.0. The second kappa shape index (κ2) is 34.8. The van der Waals surface area contributed by atoms with Crippen LogP contribution >= 0.6 is 59.1 Å². The van der Waals surface area contributed by atoms with Gasteiger partial charge in [-0.25, -0.2) is 0 Å². The predicted octanol–water partition coefficient (Wildman–Crippen LogP) is 13.3. The third-order valence-corrected chi connectivity index (χ3v) is 18.3. The third kappa shape index (κ3) is 18.5. The fraction of sp³-hybridized carbons (Fsp3) is 0.644. The van der Waals surface area contributed by atoms with E-state index in [-0.39, 0.29) is 48.7 Å². The largest absolute Gasteiger partial charge is 0.493 e. The van der Waals surface area contributed by atoms with Crippen molar-refractivity contribution < 1.29 is 47.7 Å². The molecule has 0 bridgehead atoms. The molecule has 14 nitrogen and oxygen atoms in total. The number of benzene rings is 1. The lowest BCUT2D eigenvalue weighted by molar-refractivity contribution is -0.191. The minimum Gasteiger partial charge on any atom is -0.493 e. The molecule has 77 heavy (non-hydrogen) atoms. The molecule has 5 fully saturated rings. The number of rotatable bonds is 18. The quantitative estimate of drug-likeness (QED) is 0.0869. The summed E-state index contributed by atoms with van der Waals surface area (Å²) in [6.07, 6.45) is 17.7. The summed E-state index contributed by atoms with van der Waals surface area (Å²) in [5.41, 5.74) is 0.00623. The average Bonchev–Trinajstić information content (AvgIpc) is 3.80. The summed E-state index contributed by atoms with van der Waals surface area (Å²) in [6, 6.07) is 15.8. The summed E-state index contributed by atoms with van der Waals surface area (Å²) in [5.74, 6) is 2.18. The molecule has 18 heteroatoms. The van der Waals surface area contributed by atoms with Gasteiger partial charge in [-0.2, -0.15) is 14.9 Å². The number of piperidine rings is 2. The number of hydrogen-bond acceptors (Lipinski definition) is 13. The molecule has 2 atom stereocenters. The van der Waals surface area contributed by atoms with Crippen molar-refractivity contribution in [2.24, 2.45) is 17.3 Å². The second-order valence-electron chi connectivity index (χ2n) is 20.0. The fourth-order valence-corrected chi connectivity index (χ4v) is 11.7. The molecule has 3 saturated carbocycles. The van der Waals surface area contributed by atoms with Crippen molar-refractivity contribution in [3.05, 3.63) is 75.7 Å². The van der Waals surface area contributed by atoms with Crippen LogP contribution in [0.1, 0.15) is 164 Å². The van der Waals surface area contributed by atoms with Crippen LogP contribution in [-0.4, -0.2) is 112 Å². The molecule has 5 aliphatic rings. The van der Waals surface area contributed by atoms with E-state index in [0.717, 1.165) is 88.6 Å². The van der Waals surface area contributed by atoms with Gasteiger partial charge in [-0.15, -0.1) is 11.3 Å². The van der Waals surface area contributed by atoms with E-state index in [4.69, 9.17) is 28.5 Å². The number of thiophene rings is 1. The number of para-hydroxylation sites is 1. The number of hydrogen-bond donors (Lipinski definition) is 0. The first kappa shape index (κ1) is 67.1. The van der Waals surface area contributed by atoms with Crippen molar-refractivity contribution >= 4 is 89.0 Å². The Morgan fingerprint density at radius 2 is 1.48 bits per heavy atom. The molecule has 0 spiro atoms. The molecular weight excluding hydrogens is 1200 g/mol. The molecule has 4 heterocycles. The number of likely N-dealkylation sites (tertiary alicyclic amines) is 2. The summed E-state index contributed by atoms with van der Waals surface area (Å²) in [7, 11) is 0. The highest BCUT2D eigenvalue weighted by Gasteiger charge is 2.56. The van der Waals surface area contributed by atoms with Gasteiger partial charge < -0.3 is 28.7 Å². The van der Waals surface area contributed by atoms with Crippen LogP contribution in [0.2, 0.25) is 0 Å². The Hall–Kier alpha value is -4.14. The van der Waals surface area contributed by atoms with Crippen molar-refractivity contribution in [2.45, 2.75) is 168 Å². The highest BCUT2D eigenvalue weighted by Crippen LogP contribution is 2.46. The van der Waals surface area contributed by atoms with Gasteiger partial charge in [0.15, 0.2) is 0 Å². The molecular formula is C59H83Br3N4O10S. The fourth-order valence-electron chi connectivity index (χ4n) is 10.4. The van der Waals surface area contributed by atoms with E-state index in [2.05, 4.69) is 65.8 Å². The van der Waals surface area contributed by atoms with E-state index >= 15 is 4.79 Å². The highest BCUT2D eigenvalue weighted by atomic mass is 79.9. The number of ether oxygens (including phenoxy) is 4. The van der Waals surface area contributed by atoms with Gasteiger partial charge in [-0.3, -0.25) is 24.2 Å². The molecule has 3 aromatic rings. The van der Waals surface area contributed by atoms with Crippen LogP contribution in [-0.2, 0) is 38.9 Å². The monoisotopic (exact) mass is 1280 g/mol. The number of carbonyl (C=O) groups is 4. The zero-order valence-electron chi connectivity index (χ0n) is 45.2. The van der Waals surface area contributed by atoms with Gasteiger partial charge in [-0.05, 0) is 122 Å². The topological polar surface area (TPSA) is 182 Å². The lowest BCUT2D eigenvalue weighted by Crippen LogP contribution is -2.68. The van der Waals surface area contributed by atoms with Crippen LogP contribution in [0, 0.1) is 42.4 Å². The predicted molar refractivity (Wildman–Crippen MR) is 312 cm³/mol. The summed E-state index contributed by atoms with van der Waals surface area (Å²) < 4.78 is 23.0. The number of pyridine rings is 1. The van der Waals surface area contributed by atoms with Gasteiger partial charge >= 0.3 is 18.1 Å². The maximum Gasteiger partial charge on any atom is 0.373 e. The molecule has 2 amide bonds. The van der Waals surface area contributed by atoms with Crippen molar-refractivity contribution in [3.8, 4) is 17.6 Å². The van der Waals surface area contributed by atoms with Crippen LogP contribution in [0.25, 0.3) is 0 Å². The molecule has 8 rings (SSSR count). The number of alkyl halides is 3. The summed E-state index contributed by atoms with van der Waals surface area (Å²) >= 11 is 11.4. The number of esters is 2. The van der Waals surface area contributed by atoms with Crippen LogP contribution in [0.3, 0.4) is 0 Å². The number of aryl methyl sites for hydroxylation is 2. The van der Waals surface area contributed by atoms with Gasteiger partial charge in [0.2, 0.25) is 5.60 Å². The Labute approximate surface area is 487 Å². The van der Waals surface area contributed by atoms with E-state index in [0.29, 0.717) is 83.0 Å². The molecule has 2 saturated heterocycles. The van der Waals surface area contributed by atoms with Gasteiger partial charge in [0.1, 0.15) is 17.2 Å². The molecule has 2 aliphatic heterocycles. The third-order valence-electron chi connectivity index (χ3n) is 15.2. The lowest BCUT2D eigenvalue weighted by atomic mass is 9.67. The van der Waals surface area contributed by atoms with Crippen molar-refractivity contribution in [1.82, 2.24) is 14.8 Å². The zero-order valence-corrected chi connectivity index (χ0v) is 50.8. The first-order chi connectivity index (χ1) is 36.7. The minimum atomic E-state index is -1.25. The average molecular weight is 1280 g/mol. The molecule has 3 aliphatic carbocycles. The van der Waals surface area contributed by atoms with Gasteiger partial charge in [0.25, 0.3) is 11.8 Å². The minimum absolute atomic E-state index is 0. The van der Waals surface area contributed by atoms with Crippen molar-refractivity contribution in [3.63, 3.8) is 0 Å². The summed E-state index contributed by atoms with van der Waals surface area (Å²) in [6.45, 7) is 12.8. The smallest absolute Gasteiger partial charge is 0.373 e. The van der Waals surface area contributed by atoms with Gasteiger partial charge in [0.05, 0.1) is 48.7 Å². The molecule has 0 unspecified atom stereocenters. The Morgan fingerprint density at radius 1 is 0.818 bits per heavy atom. The van der Waals surface area contributed by atoms with Crippen molar-refractivity contribution in [1.29, 1.82) is 5.26 Å². The van der Waals surface area contributed by atoms with Crippen LogP contribution in [0.4, 0.5) is 0 Å². The molecule has 0 N–H and O–H groups in total. The Kier molecular flexibility index (Phi) is 30.3. The molecule has 0 radical (unpaired) electrons. The second-order valence-corrected chi connectivity index (χ2v) is 23.5. The summed E-state index contributed by atoms with van der Waals surface area (Å²) in [4.78, 5) is 77.0. The first-order valence-corrected chi connectivity index (χ1v) is 31.4. The number of halogens is 3. The van der Waals surface area contributed by atoms with Gasteiger partial charge in [-0.1, -0.05) is 125 Å². The number of nitriles is 1. The van der Waals surface area contributed by atoms with Gasteiger partial charge in [0, 0.05) is 64.1 Å². The summed E-state index contributed by atoms with van der Waals surface area (Å²) in [5, 5.41) is 15.6. The lowest BCUT2D eigenvalue weighted by Gasteiger charge is -2.51. The molecule has 1 aromatic carbocycles. The number of aromatic nitrogens is 1. The Balaban J connectivity index is 0.000000437. The zero-order chi connectivity index (χ0) is 55.6. The maximum absolute atomic E-state index is 15.0. The molecule has 426 valence electrons. The first-order valence-electron chi connectivity index (χ1n) is 27.1. The SMILES string of the molecule is BrCCBr.C.CCC[C@H]1N(C(=O)c2ncccc2C)CCC[C@@]1(Oc1csc(C)c1)C(=O)N1CCC(C#N)(c2ccccc2OCCC2CCC2)CC1.CCOC(=O)C1(CCBr)CCC1.CCOC(=O)C1CCC1.O=C=O. The van der Waals surface area contributed by atoms with E-state index in [1.54, 1.807) is 17.5 Å². The number of carbonyl (C=O) groups excluding carboxylic acids is 6. The van der Waals surface area contributed by atoms with E-state index < -0.39 is 17.1 Å². The van der Waals surface area contributed by atoms with Crippen LogP contribution in [0.5, 0.6) is 11.5 Å². The Morgan fingerprint density at radius 3 is 1.99 bits per heavy atom. The standard InChI is InChI=1S/C39H48N4O4S.C9H15BrO2.C7H12O2.C2H4Br2.CO2.CH4/c1-4-10-34-39(47-31-25-29(3)48-26-31,17-9-21-43(34)36(44)35-28(2)11-8-20-41-35)37(45)42-22-18-38(27-40,19-23-42)32-14-5-6-15-33(32)46-24-16-30-12-7-13-30;1-2-12-8(11)9(6-7-10)4-3-5-9;1-2-9-7(8)6-4-3-5-6;3-1-2-4;2-1-3;/h5-6,8,11,14-15,20,25-26,30,34H,4,7,9-10,12-13,16-19,21-24H2,1-3H3;2-7H2,1H3;6H,2-5H2,1H3;1-2H2;;1H4/t34-,39+;;;;;/m1...../s1. The number of nitrogens with zero attached hydrogens (tertiary/aromatic N) is 4. The van der Waals surface area contributed by atoms with E-state index in [9.17, 15) is 19.6 Å². The van der Waals surface area contributed by atoms with E-state index in [1.807, 2.05) is 85.3 Å². The van der Waals surface area contributed by atoms with Crippen LogP contribution < -0.4 is 9.47 Å². The Bertz CT molecular complexity index is 2350. The molecule has 2 aromatic heterocycles. The van der Waals surface area contributed by atoms with Crippen LogP contribution in [0.15, 0.2) is 54.0 Å². The van der Waals surface area contributed by atoms with Crippen molar-refractivity contribution in [2.75, 3.05) is 55.4 Å².